The highest BCUT2D eigenvalue weighted by atomic mass is 35.5. The van der Waals surface area contributed by atoms with Gasteiger partial charge in [-0.15, -0.1) is 0 Å². The van der Waals surface area contributed by atoms with E-state index in [4.69, 9.17) is 23.4 Å². The molecule has 1 aliphatic heterocycles. The molecule has 1 heterocycles. The maximum Gasteiger partial charge on any atom is 0.269 e. The fourth-order valence-corrected chi connectivity index (χ4v) is 1.88. The normalized spacial score (nSPS) is 14.7. The van der Waals surface area contributed by atoms with Crippen LogP contribution in [0.25, 0.3) is 6.08 Å². The van der Waals surface area contributed by atoms with E-state index >= 15 is 0 Å². The van der Waals surface area contributed by atoms with Gasteiger partial charge in [0.1, 0.15) is 5.70 Å². The molecule has 0 spiro atoms. The van der Waals surface area contributed by atoms with E-state index in [0.717, 1.165) is 11.1 Å². The van der Waals surface area contributed by atoms with Crippen LogP contribution in [-0.2, 0) is 11.3 Å². The molecular weight excluding hydrogens is 221 g/mol. The molecule has 0 unspecified atom stereocenters. The molecule has 0 amide bonds. The van der Waals surface area contributed by atoms with Crippen molar-refractivity contribution in [2.24, 2.45) is 0 Å². The van der Waals surface area contributed by atoms with Gasteiger partial charge in [0.15, 0.2) is 0 Å². The molecule has 72 valence electrons. The molecule has 0 bridgehead atoms. The SMILES string of the molecule is O=C(Cl)C1=Cc2ccccc2CN1Cl. The summed E-state index contributed by atoms with van der Waals surface area (Å²) < 4.78 is 1.33. The van der Waals surface area contributed by atoms with Crippen molar-refractivity contribution < 1.29 is 4.79 Å². The molecule has 2 rings (SSSR count). The van der Waals surface area contributed by atoms with Crippen molar-refractivity contribution in [3.63, 3.8) is 0 Å². The molecule has 4 heteroatoms. The van der Waals surface area contributed by atoms with Gasteiger partial charge in [0.05, 0.1) is 6.54 Å². The number of nitrogens with zero attached hydrogens (tertiary/aromatic N) is 1. The molecule has 2 nitrogen and oxygen atoms in total. The highest BCUT2D eigenvalue weighted by Crippen LogP contribution is 2.26. The summed E-state index contributed by atoms with van der Waals surface area (Å²) in [5, 5.41) is -0.533. The van der Waals surface area contributed by atoms with Crippen molar-refractivity contribution in [1.82, 2.24) is 4.42 Å². The van der Waals surface area contributed by atoms with Crippen molar-refractivity contribution in [1.29, 1.82) is 0 Å². The molecule has 0 aromatic heterocycles. The van der Waals surface area contributed by atoms with E-state index in [2.05, 4.69) is 0 Å². The minimum Gasteiger partial charge on any atom is -0.276 e. The maximum absolute atomic E-state index is 11.0. The Labute approximate surface area is 91.8 Å². The van der Waals surface area contributed by atoms with Gasteiger partial charge in [-0.25, -0.2) is 0 Å². The molecule has 0 N–H and O–H groups in total. The lowest BCUT2D eigenvalue weighted by Crippen LogP contribution is -2.19. The molecule has 0 saturated heterocycles. The monoisotopic (exact) mass is 227 g/mol. The zero-order valence-corrected chi connectivity index (χ0v) is 8.72. The Morgan fingerprint density at radius 3 is 2.79 bits per heavy atom. The van der Waals surface area contributed by atoms with Crippen LogP contribution in [0.15, 0.2) is 30.0 Å². The molecular formula is C10H7Cl2NO. The molecule has 1 aromatic rings. The van der Waals surface area contributed by atoms with Crippen molar-refractivity contribution >= 4 is 34.7 Å². The van der Waals surface area contributed by atoms with Gasteiger partial charge in [-0.05, 0) is 28.8 Å². The predicted octanol–water partition coefficient (Wildman–Crippen LogP) is 2.76. The van der Waals surface area contributed by atoms with Crippen molar-refractivity contribution in [2.45, 2.75) is 6.54 Å². The minimum absolute atomic E-state index is 0.326. The lowest BCUT2D eigenvalue weighted by atomic mass is 10.0. The van der Waals surface area contributed by atoms with E-state index in [-0.39, 0.29) is 0 Å². The molecule has 0 radical (unpaired) electrons. The summed E-state index contributed by atoms with van der Waals surface area (Å²) in [6, 6.07) is 7.75. The van der Waals surface area contributed by atoms with Crippen molar-refractivity contribution in [3.05, 3.63) is 41.1 Å². The molecule has 14 heavy (non-hydrogen) atoms. The third kappa shape index (κ3) is 1.63. The van der Waals surface area contributed by atoms with Crippen LogP contribution in [0.2, 0.25) is 0 Å². The van der Waals surface area contributed by atoms with Crippen LogP contribution in [0, 0.1) is 0 Å². The molecule has 1 aromatic carbocycles. The van der Waals surface area contributed by atoms with Gasteiger partial charge >= 0.3 is 0 Å². The van der Waals surface area contributed by atoms with Gasteiger partial charge in [-0.1, -0.05) is 24.3 Å². The van der Waals surface area contributed by atoms with Crippen LogP contribution in [-0.4, -0.2) is 9.66 Å². The standard InChI is InChI=1S/C10H7Cl2NO/c11-10(14)9-5-7-3-1-2-4-8(7)6-13(9)12/h1-5H,6H2. The van der Waals surface area contributed by atoms with Gasteiger partial charge in [-0.2, -0.15) is 0 Å². The summed E-state index contributed by atoms with van der Waals surface area (Å²) in [4.78, 5) is 11.0. The Morgan fingerprint density at radius 2 is 2.07 bits per heavy atom. The summed E-state index contributed by atoms with van der Waals surface area (Å²) in [6.07, 6.45) is 1.70. The zero-order chi connectivity index (χ0) is 10.1. The van der Waals surface area contributed by atoms with E-state index in [9.17, 15) is 4.79 Å². The first-order chi connectivity index (χ1) is 6.68. The Bertz CT molecular complexity index is 414. The van der Waals surface area contributed by atoms with E-state index in [1.807, 2.05) is 24.3 Å². The van der Waals surface area contributed by atoms with Gasteiger partial charge < -0.3 is 0 Å². The smallest absolute Gasteiger partial charge is 0.269 e. The Hall–Kier alpha value is -0.990. The van der Waals surface area contributed by atoms with Crippen LogP contribution in [0.4, 0.5) is 0 Å². The summed E-state index contributed by atoms with van der Waals surface area (Å²) in [5.41, 5.74) is 2.41. The Morgan fingerprint density at radius 1 is 1.36 bits per heavy atom. The zero-order valence-electron chi connectivity index (χ0n) is 7.21. The predicted molar refractivity (Wildman–Crippen MR) is 56.7 cm³/mol. The molecule has 1 aliphatic rings. The van der Waals surface area contributed by atoms with Crippen LogP contribution >= 0.6 is 23.4 Å². The summed E-state index contributed by atoms with van der Waals surface area (Å²) in [6.45, 7) is 0.502. The Kier molecular flexibility index (Phi) is 2.48. The van der Waals surface area contributed by atoms with E-state index in [0.29, 0.717) is 12.2 Å². The largest absolute Gasteiger partial charge is 0.276 e. The van der Waals surface area contributed by atoms with Crippen LogP contribution < -0.4 is 0 Å². The number of fused-ring (bicyclic) bond motifs is 1. The molecule has 0 atom stereocenters. The number of benzene rings is 1. The Balaban J connectivity index is 2.49. The fourth-order valence-electron chi connectivity index (χ4n) is 1.42. The average molecular weight is 228 g/mol. The first-order valence-electron chi connectivity index (χ1n) is 4.11. The molecule has 0 saturated carbocycles. The number of rotatable bonds is 1. The fraction of sp³-hybridized carbons (Fsp3) is 0.100. The second-order valence-electron chi connectivity index (χ2n) is 3.02. The highest BCUT2D eigenvalue weighted by Gasteiger charge is 2.20. The second-order valence-corrected chi connectivity index (χ2v) is 3.77. The van der Waals surface area contributed by atoms with Crippen molar-refractivity contribution in [3.8, 4) is 0 Å². The topological polar surface area (TPSA) is 20.3 Å². The summed E-state index contributed by atoms with van der Waals surface area (Å²) >= 11 is 11.2. The number of carbonyl (C=O) groups excluding carboxylic acids is 1. The van der Waals surface area contributed by atoms with Crippen LogP contribution in [0.5, 0.6) is 0 Å². The first-order valence-corrected chi connectivity index (χ1v) is 4.83. The number of halogens is 2. The van der Waals surface area contributed by atoms with Gasteiger partial charge in [0, 0.05) is 11.8 Å². The molecule has 0 fully saturated rings. The van der Waals surface area contributed by atoms with E-state index in [1.54, 1.807) is 6.08 Å². The second kappa shape index (κ2) is 3.64. The third-order valence-corrected chi connectivity index (χ3v) is 2.61. The van der Waals surface area contributed by atoms with Gasteiger partial charge in [-0.3, -0.25) is 9.21 Å². The average Bonchev–Trinajstić information content (AvgIpc) is 2.16. The lowest BCUT2D eigenvalue weighted by Gasteiger charge is -2.22. The maximum atomic E-state index is 11.0. The van der Waals surface area contributed by atoms with Crippen molar-refractivity contribution in [2.75, 3.05) is 0 Å². The summed E-state index contributed by atoms with van der Waals surface area (Å²) in [5.74, 6) is 0. The third-order valence-electron chi connectivity index (χ3n) is 2.12. The van der Waals surface area contributed by atoms with Crippen LogP contribution in [0.1, 0.15) is 11.1 Å². The van der Waals surface area contributed by atoms with Gasteiger partial charge in [0.2, 0.25) is 0 Å². The summed E-state index contributed by atoms with van der Waals surface area (Å²) in [7, 11) is 0. The van der Waals surface area contributed by atoms with E-state index in [1.165, 1.54) is 4.42 Å². The minimum atomic E-state index is -0.533. The van der Waals surface area contributed by atoms with Gasteiger partial charge in [0.25, 0.3) is 5.24 Å². The van der Waals surface area contributed by atoms with E-state index < -0.39 is 5.24 Å². The quantitative estimate of drug-likeness (QED) is 0.544. The number of hydrogen-bond donors (Lipinski definition) is 0. The van der Waals surface area contributed by atoms with Crippen LogP contribution in [0.3, 0.4) is 0 Å². The first kappa shape index (κ1) is 9.56. The lowest BCUT2D eigenvalue weighted by molar-refractivity contribution is -0.109. The number of allylic oxidation sites excluding steroid dienone is 1. The highest BCUT2D eigenvalue weighted by molar-refractivity contribution is 6.68. The number of hydrogen-bond acceptors (Lipinski definition) is 2. The number of carbonyl (C=O) groups is 1. The molecule has 0 aliphatic carbocycles.